The zero-order chi connectivity index (χ0) is 21.7. The summed E-state index contributed by atoms with van der Waals surface area (Å²) in [5.41, 5.74) is 4.89. The number of ether oxygens (including phenoxy) is 3. The minimum absolute atomic E-state index is 0.00988. The third kappa shape index (κ3) is 4.94. The molecule has 0 aliphatic carbocycles. The highest BCUT2D eigenvalue weighted by Crippen LogP contribution is 2.40. The van der Waals surface area contributed by atoms with Crippen LogP contribution in [0.5, 0.6) is 11.5 Å². The van der Waals surface area contributed by atoms with E-state index < -0.39 is 0 Å². The molecule has 2 aromatic rings. The van der Waals surface area contributed by atoms with Crippen LogP contribution in [0.3, 0.4) is 0 Å². The summed E-state index contributed by atoms with van der Waals surface area (Å²) in [6, 6.07) is 12.6. The smallest absolute Gasteiger partial charge is 0.246 e. The van der Waals surface area contributed by atoms with Gasteiger partial charge in [0.15, 0.2) is 11.5 Å². The highest BCUT2D eigenvalue weighted by molar-refractivity contribution is 5.77. The fourth-order valence-corrected chi connectivity index (χ4v) is 4.23. The summed E-state index contributed by atoms with van der Waals surface area (Å²) in [5.74, 6) is 1.32. The Morgan fingerprint density at radius 2 is 1.80 bits per heavy atom. The molecular weight excluding hydrogens is 380 g/mol. The molecular formula is C24H32N2O4. The third-order valence-electron chi connectivity index (χ3n) is 5.67. The molecule has 0 saturated carbocycles. The van der Waals surface area contributed by atoms with E-state index >= 15 is 0 Å². The normalized spacial score (nSPS) is 17.2. The van der Waals surface area contributed by atoms with Crippen molar-refractivity contribution < 1.29 is 19.0 Å². The molecule has 3 rings (SSSR count). The maximum absolute atomic E-state index is 12.2. The van der Waals surface area contributed by atoms with Gasteiger partial charge in [-0.1, -0.05) is 29.8 Å². The van der Waals surface area contributed by atoms with Gasteiger partial charge in [0, 0.05) is 26.2 Å². The molecule has 2 aromatic carbocycles. The summed E-state index contributed by atoms with van der Waals surface area (Å²) in [6.07, 6.45) is 0.913. The maximum atomic E-state index is 12.2. The zero-order valence-electron chi connectivity index (χ0n) is 18.5. The van der Waals surface area contributed by atoms with Crippen molar-refractivity contribution in [2.45, 2.75) is 38.9 Å². The van der Waals surface area contributed by atoms with Crippen LogP contribution in [-0.4, -0.2) is 51.3 Å². The van der Waals surface area contributed by atoms with Crippen molar-refractivity contribution in [1.82, 2.24) is 10.2 Å². The van der Waals surface area contributed by atoms with Gasteiger partial charge in [0.25, 0.3) is 0 Å². The van der Waals surface area contributed by atoms with Crippen LogP contribution in [0.1, 0.15) is 35.2 Å². The van der Waals surface area contributed by atoms with E-state index in [9.17, 15) is 4.79 Å². The minimum atomic E-state index is -0.118. The van der Waals surface area contributed by atoms with Gasteiger partial charge in [-0.3, -0.25) is 9.69 Å². The summed E-state index contributed by atoms with van der Waals surface area (Å²) < 4.78 is 16.1. The number of amides is 1. The van der Waals surface area contributed by atoms with Crippen LogP contribution in [0.25, 0.3) is 0 Å². The van der Waals surface area contributed by atoms with Crippen molar-refractivity contribution in [3.63, 3.8) is 0 Å². The van der Waals surface area contributed by atoms with E-state index in [-0.39, 0.29) is 24.6 Å². The molecule has 1 aliphatic rings. The molecule has 0 spiro atoms. The Kier molecular flexibility index (Phi) is 7.34. The topological polar surface area (TPSA) is 60.0 Å². The van der Waals surface area contributed by atoms with Crippen LogP contribution in [-0.2, 0) is 22.5 Å². The van der Waals surface area contributed by atoms with Gasteiger partial charge in [-0.05, 0) is 49.1 Å². The molecule has 6 nitrogen and oxygen atoms in total. The highest BCUT2D eigenvalue weighted by Gasteiger charge is 2.33. The summed E-state index contributed by atoms with van der Waals surface area (Å²) >= 11 is 0. The Morgan fingerprint density at radius 1 is 1.13 bits per heavy atom. The zero-order valence-corrected chi connectivity index (χ0v) is 18.5. The van der Waals surface area contributed by atoms with Gasteiger partial charge in [0.05, 0.1) is 20.3 Å². The van der Waals surface area contributed by atoms with Gasteiger partial charge >= 0.3 is 0 Å². The Balaban J connectivity index is 1.96. The second kappa shape index (κ2) is 9.96. The van der Waals surface area contributed by atoms with Gasteiger partial charge in [-0.25, -0.2) is 0 Å². The number of fused-ring (bicyclic) bond motifs is 1. The fourth-order valence-electron chi connectivity index (χ4n) is 4.23. The van der Waals surface area contributed by atoms with Crippen LogP contribution in [0, 0.1) is 6.92 Å². The lowest BCUT2D eigenvalue weighted by molar-refractivity contribution is -0.125. The summed E-state index contributed by atoms with van der Waals surface area (Å²) in [5, 5.41) is 3.10. The Bertz CT molecular complexity index is 866. The van der Waals surface area contributed by atoms with E-state index in [1.54, 1.807) is 14.2 Å². The van der Waals surface area contributed by atoms with Gasteiger partial charge in [0.1, 0.15) is 6.61 Å². The SMILES string of the molecule is COCC(=O)NC(C)C1c2cc(OC)c(OC)cc2CCN1Cc1ccc(C)cc1. The fraction of sp³-hybridized carbons (Fsp3) is 0.458. The van der Waals surface area contributed by atoms with E-state index in [4.69, 9.17) is 14.2 Å². The first-order chi connectivity index (χ1) is 14.5. The number of benzene rings is 2. The molecule has 1 aliphatic heterocycles. The van der Waals surface area contributed by atoms with Gasteiger partial charge in [0.2, 0.25) is 5.91 Å². The van der Waals surface area contributed by atoms with E-state index in [0.717, 1.165) is 30.8 Å². The number of nitrogens with zero attached hydrogens (tertiary/aromatic N) is 1. The molecule has 2 atom stereocenters. The van der Waals surface area contributed by atoms with Gasteiger partial charge in [-0.2, -0.15) is 0 Å². The molecule has 0 saturated heterocycles. The van der Waals surface area contributed by atoms with Crippen molar-refractivity contribution in [2.75, 3.05) is 34.5 Å². The number of methoxy groups -OCH3 is 3. The van der Waals surface area contributed by atoms with Crippen molar-refractivity contribution in [2.24, 2.45) is 0 Å². The molecule has 0 radical (unpaired) electrons. The van der Waals surface area contributed by atoms with Crippen LogP contribution < -0.4 is 14.8 Å². The number of carbonyl (C=O) groups excluding carboxylic acids is 1. The number of carbonyl (C=O) groups is 1. The number of nitrogens with one attached hydrogen (secondary N) is 1. The Hall–Kier alpha value is -2.57. The molecule has 6 heteroatoms. The molecule has 1 amide bonds. The molecule has 1 N–H and O–H groups in total. The highest BCUT2D eigenvalue weighted by atomic mass is 16.5. The average Bonchev–Trinajstić information content (AvgIpc) is 2.74. The summed E-state index contributed by atoms with van der Waals surface area (Å²) in [7, 11) is 4.83. The third-order valence-corrected chi connectivity index (χ3v) is 5.67. The average molecular weight is 413 g/mol. The predicted octanol–water partition coefficient (Wildman–Crippen LogP) is 3.26. The molecule has 0 aromatic heterocycles. The van der Waals surface area contributed by atoms with Crippen molar-refractivity contribution in [3.8, 4) is 11.5 Å². The van der Waals surface area contributed by atoms with Gasteiger partial charge in [-0.15, -0.1) is 0 Å². The Labute approximate surface area is 179 Å². The number of aryl methyl sites for hydroxylation is 1. The monoisotopic (exact) mass is 412 g/mol. The largest absolute Gasteiger partial charge is 0.493 e. The van der Waals surface area contributed by atoms with Gasteiger partial charge < -0.3 is 19.5 Å². The molecule has 0 fully saturated rings. The van der Waals surface area contributed by atoms with Crippen LogP contribution in [0.4, 0.5) is 0 Å². The van der Waals surface area contributed by atoms with E-state index in [1.807, 2.05) is 6.92 Å². The Morgan fingerprint density at radius 3 is 2.43 bits per heavy atom. The molecule has 2 unspecified atom stereocenters. The quantitative estimate of drug-likeness (QED) is 0.721. The van der Waals surface area contributed by atoms with Crippen LogP contribution >= 0.6 is 0 Å². The number of rotatable bonds is 8. The summed E-state index contributed by atoms with van der Waals surface area (Å²) in [6.45, 7) is 5.89. The minimum Gasteiger partial charge on any atom is -0.493 e. The lowest BCUT2D eigenvalue weighted by Gasteiger charge is -2.41. The second-order valence-corrected chi connectivity index (χ2v) is 7.85. The molecule has 162 valence electrons. The lowest BCUT2D eigenvalue weighted by atomic mass is 9.87. The van der Waals surface area contributed by atoms with E-state index in [1.165, 1.54) is 23.8 Å². The number of hydrogen-bond donors (Lipinski definition) is 1. The lowest BCUT2D eigenvalue weighted by Crippen LogP contribution is -2.48. The van der Waals surface area contributed by atoms with Crippen molar-refractivity contribution in [3.05, 3.63) is 58.7 Å². The first-order valence-electron chi connectivity index (χ1n) is 10.3. The molecule has 1 heterocycles. The predicted molar refractivity (Wildman–Crippen MR) is 117 cm³/mol. The van der Waals surface area contributed by atoms with E-state index in [0.29, 0.717) is 5.75 Å². The molecule has 30 heavy (non-hydrogen) atoms. The van der Waals surface area contributed by atoms with Crippen molar-refractivity contribution >= 4 is 5.91 Å². The van der Waals surface area contributed by atoms with Crippen LogP contribution in [0.2, 0.25) is 0 Å². The first-order valence-corrected chi connectivity index (χ1v) is 10.3. The maximum Gasteiger partial charge on any atom is 0.246 e. The molecule has 0 bridgehead atoms. The standard InChI is InChI=1S/C24H32N2O4/c1-16-6-8-18(9-7-16)14-26-11-10-19-12-21(29-4)22(30-5)13-20(19)24(26)17(2)25-23(27)15-28-3/h6-9,12-13,17,24H,10-11,14-15H2,1-5H3,(H,25,27). The van der Waals surface area contributed by atoms with E-state index in [2.05, 4.69) is 53.5 Å². The first kappa shape index (κ1) is 22.1. The van der Waals surface area contributed by atoms with Crippen LogP contribution in [0.15, 0.2) is 36.4 Å². The number of hydrogen-bond acceptors (Lipinski definition) is 5. The second-order valence-electron chi connectivity index (χ2n) is 7.85. The summed E-state index contributed by atoms with van der Waals surface area (Å²) in [4.78, 5) is 14.7. The van der Waals surface area contributed by atoms with Crippen molar-refractivity contribution in [1.29, 1.82) is 0 Å².